The maximum atomic E-state index is 12.5. The Morgan fingerprint density at radius 3 is 2.92 bits per heavy atom. The average Bonchev–Trinajstić information content (AvgIpc) is 3.20. The van der Waals surface area contributed by atoms with Crippen LogP contribution in [0.15, 0.2) is 61.2 Å². The first-order valence-corrected chi connectivity index (χ1v) is 8.26. The van der Waals surface area contributed by atoms with E-state index in [4.69, 9.17) is 4.74 Å². The Morgan fingerprint density at radius 2 is 2.04 bits per heavy atom. The molecule has 4 rings (SSSR count). The molecule has 126 valence electrons. The molecule has 2 aromatic carbocycles. The average molecular weight is 334 g/mol. The number of nitrogens with zero attached hydrogens (tertiary/aromatic N) is 3. The number of benzene rings is 2. The Bertz CT molecular complexity index is 877. The van der Waals surface area contributed by atoms with Crippen molar-refractivity contribution >= 4 is 5.91 Å². The van der Waals surface area contributed by atoms with Crippen molar-refractivity contribution in [2.24, 2.45) is 0 Å². The molecule has 0 aliphatic carbocycles. The van der Waals surface area contributed by atoms with E-state index < -0.39 is 6.10 Å². The van der Waals surface area contributed by atoms with Crippen molar-refractivity contribution in [1.29, 1.82) is 0 Å². The molecule has 1 aromatic heterocycles. The molecule has 0 saturated carbocycles. The number of aromatic nitrogens is 3. The summed E-state index contributed by atoms with van der Waals surface area (Å²) in [6.07, 6.45) is 4.22. The van der Waals surface area contributed by atoms with Gasteiger partial charge in [-0.3, -0.25) is 4.79 Å². The summed E-state index contributed by atoms with van der Waals surface area (Å²) in [5.41, 5.74) is 3.02. The van der Waals surface area contributed by atoms with Gasteiger partial charge in [0.1, 0.15) is 18.4 Å². The first-order chi connectivity index (χ1) is 12.3. The minimum atomic E-state index is -0.451. The van der Waals surface area contributed by atoms with Crippen molar-refractivity contribution in [3.05, 3.63) is 72.3 Å². The van der Waals surface area contributed by atoms with E-state index in [1.54, 1.807) is 11.0 Å². The van der Waals surface area contributed by atoms with Crippen molar-refractivity contribution in [3.8, 4) is 11.4 Å². The Balaban J connectivity index is 1.44. The summed E-state index contributed by atoms with van der Waals surface area (Å²) in [4.78, 5) is 16.5. The van der Waals surface area contributed by atoms with Crippen LogP contribution >= 0.6 is 0 Å². The van der Waals surface area contributed by atoms with Crippen LogP contribution in [-0.4, -0.2) is 26.8 Å². The lowest BCUT2D eigenvalue weighted by atomic mass is 10.0. The van der Waals surface area contributed by atoms with Crippen LogP contribution in [0.2, 0.25) is 0 Å². The molecule has 2 heterocycles. The summed E-state index contributed by atoms with van der Waals surface area (Å²) < 4.78 is 7.53. The molecule has 1 N–H and O–H groups in total. The predicted molar refractivity (Wildman–Crippen MR) is 92.4 cm³/mol. The molecule has 6 nitrogen and oxygen atoms in total. The van der Waals surface area contributed by atoms with Gasteiger partial charge in [0.25, 0.3) is 5.91 Å². The second-order valence-corrected chi connectivity index (χ2v) is 5.94. The van der Waals surface area contributed by atoms with Gasteiger partial charge >= 0.3 is 0 Å². The highest BCUT2D eigenvalue weighted by Crippen LogP contribution is 2.27. The number of nitrogens with one attached hydrogen (secondary N) is 1. The van der Waals surface area contributed by atoms with Crippen LogP contribution in [0.3, 0.4) is 0 Å². The van der Waals surface area contributed by atoms with Gasteiger partial charge in [0, 0.05) is 6.54 Å². The zero-order valence-corrected chi connectivity index (χ0v) is 13.6. The van der Waals surface area contributed by atoms with E-state index in [1.807, 2.05) is 48.5 Å². The van der Waals surface area contributed by atoms with E-state index in [0.29, 0.717) is 13.0 Å². The van der Waals surface area contributed by atoms with Gasteiger partial charge in [0.2, 0.25) is 0 Å². The van der Waals surface area contributed by atoms with Crippen molar-refractivity contribution in [3.63, 3.8) is 0 Å². The van der Waals surface area contributed by atoms with E-state index >= 15 is 0 Å². The number of aryl methyl sites for hydroxylation is 1. The van der Waals surface area contributed by atoms with E-state index in [0.717, 1.165) is 29.0 Å². The molecule has 0 radical (unpaired) electrons. The second kappa shape index (κ2) is 6.76. The normalized spacial score (nSPS) is 15.9. The fourth-order valence-corrected chi connectivity index (χ4v) is 3.02. The van der Waals surface area contributed by atoms with Crippen LogP contribution in [-0.2, 0) is 17.8 Å². The summed E-state index contributed by atoms with van der Waals surface area (Å²) >= 11 is 0. The summed E-state index contributed by atoms with van der Waals surface area (Å²) in [6, 6.07) is 15.7. The molecule has 25 heavy (non-hydrogen) atoms. The van der Waals surface area contributed by atoms with Gasteiger partial charge in [0.05, 0.1) is 5.69 Å². The molecule has 0 spiro atoms. The third-order valence-electron chi connectivity index (χ3n) is 4.32. The number of carbonyl (C=O) groups is 1. The summed E-state index contributed by atoms with van der Waals surface area (Å²) in [7, 11) is 0. The zero-order valence-electron chi connectivity index (χ0n) is 13.6. The molecular weight excluding hydrogens is 316 g/mol. The van der Waals surface area contributed by atoms with Gasteiger partial charge < -0.3 is 10.1 Å². The van der Waals surface area contributed by atoms with E-state index in [2.05, 4.69) is 15.4 Å². The Kier molecular flexibility index (Phi) is 4.16. The molecule has 3 aromatic rings. The molecule has 0 fully saturated rings. The quantitative estimate of drug-likeness (QED) is 0.795. The first-order valence-electron chi connectivity index (χ1n) is 8.26. The highest BCUT2D eigenvalue weighted by molar-refractivity contribution is 5.81. The van der Waals surface area contributed by atoms with Crippen LogP contribution in [0, 0.1) is 0 Å². The smallest absolute Gasteiger partial charge is 0.261 e. The fourth-order valence-electron chi connectivity index (χ4n) is 3.02. The summed E-state index contributed by atoms with van der Waals surface area (Å²) in [6.45, 7) is 0.413. The van der Waals surface area contributed by atoms with E-state index in [-0.39, 0.29) is 5.91 Å². The minimum Gasteiger partial charge on any atom is -0.480 e. The Hall–Kier alpha value is -3.15. The lowest BCUT2D eigenvalue weighted by molar-refractivity contribution is -0.128. The van der Waals surface area contributed by atoms with E-state index in [9.17, 15) is 4.79 Å². The molecule has 6 heteroatoms. The highest BCUT2D eigenvalue weighted by atomic mass is 16.5. The standard InChI is InChI=1S/C19H18N4O2/c24-19(18-10-9-14-5-2-4-8-17(14)25-18)21-11-15-6-1-3-7-16(15)23-13-20-12-22-23/h1-8,12-13,18H,9-11H2,(H,21,24)/t18-/m0/s1. The Morgan fingerprint density at radius 1 is 1.20 bits per heavy atom. The number of para-hydroxylation sites is 2. The number of hydrogen-bond acceptors (Lipinski definition) is 4. The molecule has 1 atom stereocenters. The third-order valence-corrected chi connectivity index (χ3v) is 4.32. The number of ether oxygens (including phenoxy) is 1. The zero-order chi connectivity index (χ0) is 17.1. The summed E-state index contributed by atoms with van der Waals surface area (Å²) in [5, 5.41) is 7.13. The predicted octanol–water partition coefficient (Wildman–Crippen LogP) is 2.28. The minimum absolute atomic E-state index is 0.0945. The number of rotatable bonds is 4. The molecule has 1 amide bonds. The van der Waals surface area contributed by atoms with Crippen molar-refractivity contribution in [2.45, 2.75) is 25.5 Å². The molecule has 1 aliphatic rings. The lowest BCUT2D eigenvalue weighted by Gasteiger charge is -2.25. The van der Waals surface area contributed by atoms with Crippen molar-refractivity contribution in [2.75, 3.05) is 0 Å². The SMILES string of the molecule is O=C(NCc1ccccc1-n1cncn1)[C@@H]1CCc2ccccc2O1. The van der Waals surface area contributed by atoms with Gasteiger partial charge in [-0.2, -0.15) is 5.10 Å². The summed E-state index contributed by atoms with van der Waals surface area (Å²) in [5.74, 6) is 0.708. The van der Waals surface area contributed by atoms with Crippen LogP contribution < -0.4 is 10.1 Å². The van der Waals surface area contributed by atoms with Gasteiger partial charge in [-0.25, -0.2) is 9.67 Å². The number of carbonyl (C=O) groups excluding carboxylic acids is 1. The van der Waals surface area contributed by atoms with Crippen LogP contribution in [0.25, 0.3) is 5.69 Å². The van der Waals surface area contributed by atoms with E-state index in [1.165, 1.54) is 6.33 Å². The van der Waals surface area contributed by atoms with Crippen LogP contribution in [0.1, 0.15) is 17.5 Å². The van der Waals surface area contributed by atoms with Gasteiger partial charge in [-0.1, -0.05) is 36.4 Å². The molecule has 0 bridgehead atoms. The highest BCUT2D eigenvalue weighted by Gasteiger charge is 2.25. The van der Waals surface area contributed by atoms with Crippen LogP contribution in [0.4, 0.5) is 0 Å². The molecule has 1 aliphatic heterocycles. The van der Waals surface area contributed by atoms with Gasteiger partial charge in [-0.15, -0.1) is 0 Å². The third kappa shape index (κ3) is 3.24. The monoisotopic (exact) mass is 334 g/mol. The van der Waals surface area contributed by atoms with Crippen LogP contribution in [0.5, 0.6) is 5.75 Å². The van der Waals surface area contributed by atoms with Crippen molar-refractivity contribution < 1.29 is 9.53 Å². The first kappa shape index (κ1) is 15.4. The number of amides is 1. The largest absolute Gasteiger partial charge is 0.480 e. The molecule has 0 saturated heterocycles. The maximum Gasteiger partial charge on any atom is 0.261 e. The molecular formula is C19H18N4O2. The van der Waals surface area contributed by atoms with Gasteiger partial charge in [-0.05, 0) is 36.1 Å². The number of fused-ring (bicyclic) bond motifs is 1. The van der Waals surface area contributed by atoms with Crippen molar-refractivity contribution in [1.82, 2.24) is 20.1 Å². The second-order valence-electron chi connectivity index (χ2n) is 5.94. The van der Waals surface area contributed by atoms with Gasteiger partial charge in [0.15, 0.2) is 6.10 Å². The number of hydrogen-bond donors (Lipinski definition) is 1. The molecule has 0 unspecified atom stereocenters. The Labute approximate surface area is 145 Å². The topological polar surface area (TPSA) is 69.0 Å². The fraction of sp³-hybridized carbons (Fsp3) is 0.211. The maximum absolute atomic E-state index is 12.5. The lowest BCUT2D eigenvalue weighted by Crippen LogP contribution is -2.40.